The van der Waals surface area contributed by atoms with E-state index >= 15 is 0 Å². The van der Waals surface area contributed by atoms with E-state index in [0.29, 0.717) is 10.4 Å². The monoisotopic (exact) mass is 249 g/mol. The maximum atomic E-state index is 11.2. The first-order valence-corrected chi connectivity index (χ1v) is 6.26. The molecule has 0 saturated heterocycles. The Morgan fingerprint density at radius 1 is 1.42 bits per heavy atom. The van der Waals surface area contributed by atoms with Gasteiger partial charge in [-0.05, 0) is 28.1 Å². The van der Waals surface area contributed by atoms with Crippen LogP contribution in [0.3, 0.4) is 0 Å². The van der Waals surface area contributed by atoms with E-state index in [9.17, 15) is 4.21 Å². The Labute approximate surface area is 79.7 Å². The lowest BCUT2D eigenvalue weighted by Crippen LogP contribution is -1.90. The van der Waals surface area contributed by atoms with Crippen molar-refractivity contribution in [3.63, 3.8) is 0 Å². The fourth-order valence-electron chi connectivity index (χ4n) is 0.583. The van der Waals surface area contributed by atoms with Crippen molar-refractivity contribution < 1.29 is 4.21 Å². The minimum absolute atomic E-state index is 0.396. The Kier molecular flexibility index (Phi) is 2.79. The van der Waals surface area contributed by atoms with Crippen LogP contribution in [0, 0.1) is 0 Å². The molecule has 0 radical (unpaired) electrons. The van der Waals surface area contributed by atoms with Crippen molar-refractivity contribution in [2.24, 2.45) is 4.36 Å². The van der Waals surface area contributed by atoms with Gasteiger partial charge in [-0.1, -0.05) is 0 Å². The number of aromatic nitrogens is 2. The molecule has 1 rings (SSSR count). The van der Waals surface area contributed by atoms with Crippen LogP contribution in [0.1, 0.15) is 0 Å². The van der Waals surface area contributed by atoms with Crippen LogP contribution in [-0.4, -0.2) is 26.9 Å². The van der Waals surface area contributed by atoms with Crippen molar-refractivity contribution in [3.05, 3.63) is 16.7 Å². The zero-order valence-electron chi connectivity index (χ0n) is 6.69. The molecule has 0 unspecified atom stereocenters. The third-order valence-electron chi connectivity index (χ3n) is 0.931. The first-order valence-electron chi connectivity index (χ1n) is 3.14. The summed E-state index contributed by atoms with van der Waals surface area (Å²) in [6.45, 7) is 0. The molecule has 0 N–H and O–H groups in total. The largest absolute Gasteiger partial charge is 0.250 e. The second-order valence-electron chi connectivity index (χ2n) is 2.49. The summed E-state index contributed by atoms with van der Waals surface area (Å²) >= 11 is 3.14. The highest BCUT2D eigenvalue weighted by molar-refractivity contribution is 9.10. The molecule has 1 aromatic rings. The summed E-state index contributed by atoms with van der Waals surface area (Å²) in [6, 6.07) is 3.36. The van der Waals surface area contributed by atoms with Gasteiger partial charge >= 0.3 is 0 Å². The first kappa shape index (κ1) is 9.60. The predicted octanol–water partition coefficient (Wildman–Crippen LogP) is 1.60. The molecule has 1 heterocycles. The van der Waals surface area contributed by atoms with Crippen LogP contribution in [-0.2, 0) is 9.73 Å². The molecule has 0 amide bonds. The van der Waals surface area contributed by atoms with E-state index in [4.69, 9.17) is 0 Å². The van der Waals surface area contributed by atoms with Crippen LogP contribution in [0.15, 0.2) is 21.1 Å². The minimum Gasteiger partial charge on any atom is -0.250 e. The van der Waals surface area contributed by atoms with Crippen molar-refractivity contribution in [2.75, 3.05) is 12.5 Å². The molecular formula is C6H8BrN3OS. The Hall–Kier alpha value is -0.490. The highest BCUT2D eigenvalue weighted by Gasteiger charge is 1.95. The molecule has 0 atom stereocenters. The van der Waals surface area contributed by atoms with Gasteiger partial charge in [-0.15, -0.1) is 10.2 Å². The van der Waals surface area contributed by atoms with Crippen LogP contribution in [0.4, 0.5) is 5.82 Å². The summed E-state index contributed by atoms with van der Waals surface area (Å²) in [6.07, 6.45) is 3.10. The zero-order chi connectivity index (χ0) is 9.19. The highest BCUT2D eigenvalue weighted by Crippen LogP contribution is 2.11. The maximum Gasteiger partial charge on any atom is 0.183 e. The summed E-state index contributed by atoms with van der Waals surface area (Å²) in [5.41, 5.74) is 0. The smallest absolute Gasteiger partial charge is 0.183 e. The summed E-state index contributed by atoms with van der Waals surface area (Å²) in [4.78, 5) is 0. The summed E-state index contributed by atoms with van der Waals surface area (Å²) < 4.78 is 15.7. The van der Waals surface area contributed by atoms with Gasteiger partial charge in [0.05, 0.1) is 0 Å². The number of hydrogen-bond acceptors (Lipinski definition) is 4. The van der Waals surface area contributed by atoms with E-state index in [1.807, 2.05) is 0 Å². The SMILES string of the molecule is CS(C)(=O)=Nc1ccc(Br)nn1. The molecule has 0 aliphatic heterocycles. The van der Waals surface area contributed by atoms with Gasteiger partial charge in [0.15, 0.2) is 5.82 Å². The Bertz CT molecular complexity index is 372. The zero-order valence-corrected chi connectivity index (χ0v) is 9.09. The van der Waals surface area contributed by atoms with Gasteiger partial charge in [-0.3, -0.25) is 0 Å². The van der Waals surface area contributed by atoms with E-state index in [1.54, 1.807) is 24.6 Å². The van der Waals surface area contributed by atoms with Crippen molar-refractivity contribution in [3.8, 4) is 0 Å². The van der Waals surface area contributed by atoms with E-state index < -0.39 is 9.73 Å². The normalized spacial score (nSPS) is 11.2. The van der Waals surface area contributed by atoms with Gasteiger partial charge in [0, 0.05) is 22.2 Å². The molecule has 0 aromatic carbocycles. The fraction of sp³-hybridized carbons (Fsp3) is 0.333. The molecule has 0 fully saturated rings. The van der Waals surface area contributed by atoms with Crippen molar-refractivity contribution in [1.82, 2.24) is 10.2 Å². The van der Waals surface area contributed by atoms with Gasteiger partial charge in [-0.25, -0.2) is 4.21 Å². The molecule has 0 bridgehead atoms. The molecule has 0 spiro atoms. The van der Waals surface area contributed by atoms with E-state index in [-0.39, 0.29) is 0 Å². The summed E-state index contributed by atoms with van der Waals surface area (Å²) in [5.74, 6) is 0.396. The summed E-state index contributed by atoms with van der Waals surface area (Å²) in [7, 11) is -2.13. The lowest BCUT2D eigenvalue weighted by molar-refractivity contribution is 0.684. The molecular weight excluding hydrogens is 242 g/mol. The highest BCUT2D eigenvalue weighted by atomic mass is 79.9. The summed E-state index contributed by atoms with van der Waals surface area (Å²) in [5, 5.41) is 7.43. The van der Waals surface area contributed by atoms with Crippen molar-refractivity contribution in [1.29, 1.82) is 0 Å². The van der Waals surface area contributed by atoms with Crippen LogP contribution in [0.2, 0.25) is 0 Å². The predicted molar refractivity (Wildman–Crippen MR) is 51.8 cm³/mol. The third-order valence-corrected chi connectivity index (χ3v) is 1.98. The first-order chi connectivity index (χ1) is 5.47. The molecule has 66 valence electrons. The van der Waals surface area contributed by atoms with Crippen LogP contribution in [0.25, 0.3) is 0 Å². The van der Waals surface area contributed by atoms with Gasteiger partial charge in [0.2, 0.25) is 0 Å². The molecule has 12 heavy (non-hydrogen) atoms. The topological polar surface area (TPSA) is 55.2 Å². The van der Waals surface area contributed by atoms with Crippen LogP contribution < -0.4 is 0 Å². The minimum atomic E-state index is -2.13. The van der Waals surface area contributed by atoms with Crippen molar-refractivity contribution in [2.45, 2.75) is 0 Å². The average molecular weight is 250 g/mol. The Morgan fingerprint density at radius 3 is 2.50 bits per heavy atom. The fourth-order valence-corrected chi connectivity index (χ4v) is 1.34. The molecule has 4 nitrogen and oxygen atoms in total. The second-order valence-corrected chi connectivity index (χ2v) is 5.84. The van der Waals surface area contributed by atoms with E-state index in [1.165, 1.54) is 0 Å². The van der Waals surface area contributed by atoms with Crippen molar-refractivity contribution >= 4 is 31.5 Å². The van der Waals surface area contributed by atoms with Crippen LogP contribution >= 0.6 is 15.9 Å². The Morgan fingerprint density at radius 2 is 2.08 bits per heavy atom. The standard InChI is InChI=1S/C6H8BrN3OS/c1-12(2,11)10-6-4-3-5(7)8-9-6/h3-4H,1-2H3. The number of nitrogens with zero attached hydrogens (tertiary/aromatic N) is 3. The Balaban J connectivity index is 3.08. The van der Waals surface area contributed by atoms with Gasteiger partial charge in [0.25, 0.3) is 0 Å². The van der Waals surface area contributed by atoms with Gasteiger partial charge in [0.1, 0.15) is 4.60 Å². The molecule has 6 heteroatoms. The number of rotatable bonds is 1. The maximum absolute atomic E-state index is 11.2. The lowest BCUT2D eigenvalue weighted by Gasteiger charge is -1.93. The quantitative estimate of drug-likeness (QED) is 0.760. The lowest BCUT2D eigenvalue weighted by atomic mass is 10.6. The van der Waals surface area contributed by atoms with E-state index in [2.05, 4.69) is 30.5 Å². The van der Waals surface area contributed by atoms with E-state index in [0.717, 1.165) is 0 Å². The molecule has 0 saturated carbocycles. The van der Waals surface area contributed by atoms with Crippen LogP contribution in [0.5, 0.6) is 0 Å². The molecule has 1 aromatic heterocycles. The number of halogens is 1. The number of hydrogen-bond donors (Lipinski definition) is 0. The third kappa shape index (κ3) is 3.27. The van der Waals surface area contributed by atoms with Gasteiger partial charge < -0.3 is 0 Å². The molecule has 0 aliphatic carbocycles. The van der Waals surface area contributed by atoms with Gasteiger partial charge in [-0.2, -0.15) is 4.36 Å². The average Bonchev–Trinajstić information content (AvgIpc) is 1.91. The molecule has 0 aliphatic rings. The second kappa shape index (κ2) is 3.49.